The van der Waals surface area contributed by atoms with E-state index in [9.17, 15) is 4.79 Å². The van der Waals surface area contributed by atoms with Gasteiger partial charge in [-0.3, -0.25) is 4.79 Å². The fourth-order valence-corrected chi connectivity index (χ4v) is 3.44. The Hall–Kier alpha value is -0.0500. The molecule has 0 aromatic carbocycles. The molecule has 74 valence electrons. The van der Waals surface area contributed by atoms with Crippen molar-refractivity contribution in [2.75, 3.05) is 5.33 Å². The van der Waals surface area contributed by atoms with E-state index in [1.54, 1.807) is 0 Å². The number of piperidine rings is 1. The number of carbonyl (C=O) groups excluding carboxylic acids is 1. The number of hydrogen-bond donors (Lipinski definition) is 1. The number of rotatable bonds is 1. The summed E-state index contributed by atoms with van der Waals surface area (Å²) in [6.45, 7) is 0. The van der Waals surface area contributed by atoms with Gasteiger partial charge in [-0.15, -0.1) is 0 Å². The molecule has 1 saturated heterocycles. The second kappa shape index (κ2) is 3.99. The van der Waals surface area contributed by atoms with Gasteiger partial charge in [-0.2, -0.15) is 0 Å². The number of alkyl halides is 1. The third-order valence-electron chi connectivity index (χ3n) is 3.42. The van der Waals surface area contributed by atoms with E-state index in [1.807, 2.05) is 0 Å². The summed E-state index contributed by atoms with van der Waals surface area (Å²) in [4.78, 5) is 11.4. The highest BCUT2D eigenvalue weighted by atomic mass is 79.9. The van der Waals surface area contributed by atoms with Crippen LogP contribution in [0.4, 0.5) is 0 Å². The Balaban J connectivity index is 2.07. The van der Waals surface area contributed by atoms with Crippen LogP contribution in [0.25, 0.3) is 0 Å². The first-order chi connectivity index (χ1) is 6.31. The lowest BCUT2D eigenvalue weighted by Gasteiger charge is -2.40. The van der Waals surface area contributed by atoms with E-state index in [4.69, 9.17) is 0 Å². The number of halogens is 1. The Bertz CT molecular complexity index is 197. The van der Waals surface area contributed by atoms with Crippen molar-refractivity contribution in [1.29, 1.82) is 0 Å². The normalized spacial score (nSPS) is 39.5. The van der Waals surface area contributed by atoms with Crippen LogP contribution in [0.15, 0.2) is 0 Å². The minimum Gasteiger partial charge on any atom is -0.353 e. The van der Waals surface area contributed by atoms with Crippen LogP contribution in [-0.4, -0.2) is 17.3 Å². The van der Waals surface area contributed by atoms with E-state index < -0.39 is 0 Å². The monoisotopic (exact) mass is 245 g/mol. The Morgan fingerprint density at radius 1 is 1.38 bits per heavy atom. The maximum absolute atomic E-state index is 11.4. The lowest BCUT2D eigenvalue weighted by atomic mass is 9.73. The van der Waals surface area contributed by atoms with Gasteiger partial charge in [0.25, 0.3) is 0 Å². The zero-order valence-corrected chi connectivity index (χ0v) is 9.35. The average Bonchev–Trinajstić information content (AvgIpc) is 2.16. The van der Waals surface area contributed by atoms with Gasteiger partial charge in [-0.1, -0.05) is 28.8 Å². The van der Waals surface area contributed by atoms with E-state index in [1.165, 1.54) is 25.7 Å². The smallest absolute Gasteiger partial charge is 0.220 e. The summed E-state index contributed by atoms with van der Waals surface area (Å²) in [5, 5.41) is 4.11. The molecule has 2 nitrogen and oxygen atoms in total. The van der Waals surface area contributed by atoms with Crippen LogP contribution in [0.2, 0.25) is 0 Å². The Morgan fingerprint density at radius 2 is 2.15 bits per heavy atom. The van der Waals surface area contributed by atoms with Crippen LogP contribution in [0.5, 0.6) is 0 Å². The van der Waals surface area contributed by atoms with E-state index in [-0.39, 0.29) is 5.91 Å². The number of amides is 1. The molecular weight excluding hydrogens is 230 g/mol. The standard InChI is InChI=1S/C10H16BrNO/c11-6-7-5-10(13)12-9-4-2-1-3-8(7)9/h7-9H,1-6H2,(H,12,13). The summed E-state index contributed by atoms with van der Waals surface area (Å²) in [7, 11) is 0. The van der Waals surface area contributed by atoms with Gasteiger partial charge >= 0.3 is 0 Å². The van der Waals surface area contributed by atoms with Crippen LogP contribution in [0, 0.1) is 11.8 Å². The predicted octanol–water partition coefficient (Wildman–Crippen LogP) is 2.08. The molecule has 1 aliphatic heterocycles. The molecule has 3 atom stereocenters. The molecular formula is C10H16BrNO. The summed E-state index contributed by atoms with van der Waals surface area (Å²) in [6, 6.07) is 0.484. The van der Waals surface area contributed by atoms with E-state index >= 15 is 0 Å². The van der Waals surface area contributed by atoms with Gasteiger partial charge < -0.3 is 5.32 Å². The van der Waals surface area contributed by atoms with Crippen LogP contribution in [-0.2, 0) is 4.79 Å². The van der Waals surface area contributed by atoms with Gasteiger partial charge in [0.1, 0.15) is 0 Å². The molecule has 3 unspecified atom stereocenters. The van der Waals surface area contributed by atoms with Crippen LogP contribution in [0.3, 0.4) is 0 Å². The van der Waals surface area contributed by atoms with Crippen molar-refractivity contribution in [3.8, 4) is 0 Å². The quantitative estimate of drug-likeness (QED) is 0.705. The highest BCUT2D eigenvalue weighted by Crippen LogP contribution is 2.35. The van der Waals surface area contributed by atoms with E-state index in [0.717, 1.165) is 17.7 Å². The zero-order chi connectivity index (χ0) is 9.26. The van der Waals surface area contributed by atoms with Crippen LogP contribution < -0.4 is 5.32 Å². The summed E-state index contributed by atoms with van der Waals surface area (Å²) in [6.07, 6.45) is 5.87. The maximum atomic E-state index is 11.4. The van der Waals surface area contributed by atoms with Crippen molar-refractivity contribution in [3.05, 3.63) is 0 Å². The molecule has 13 heavy (non-hydrogen) atoms. The van der Waals surface area contributed by atoms with Crippen molar-refractivity contribution < 1.29 is 4.79 Å². The third kappa shape index (κ3) is 1.90. The lowest BCUT2D eigenvalue weighted by Crippen LogP contribution is -2.51. The SMILES string of the molecule is O=C1CC(CBr)C2CCCCC2N1. The first-order valence-electron chi connectivity index (χ1n) is 5.16. The van der Waals surface area contributed by atoms with Gasteiger partial charge in [-0.05, 0) is 24.7 Å². The topological polar surface area (TPSA) is 29.1 Å². The average molecular weight is 246 g/mol. The molecule has 1 amide bonds. The van der Waals surface area contributed by atoms with Crippen LogP contribution in [0.1, 0.15) is 32.1 Å². The van der Waals surface area contributed by atoms with Gasteiger partial charge in [-0.25, -0.2) is 0 Å². The Labute approximate surface area is 87.6 Å². The van der Waals surface area contributed by atoms with Crippen molar-refractivity contribution in [3.63, 3.8) is 0 Å². The number of nitrogens with one attached hydrogen (secondary N) is 1. The van der Waals surface area contributed by atoms with E-state index in [0.29, 0.717) is 12.0 Å². The molecule has 1 heterocycles. The molecule has 2 aliphatic rings. The fraction of sp³-hybridized carbons (Fsp3) is 0.900. The number of carbonyl (C=O) groups is 1. The second-order valence-corrected chi connectivity index (χ2v) is 4.89. The predicted molar refractivity (Wildman–Crippen MR) is 55.8 cm³/mol. The molecule has 0 spiro atoms. The molecule has 0 bridgehead atoms. The van der Waals surface area contributed by atoms with Crippen molar-refractivity contribution in [2.45, 2.75) is 38.1 Å². The fourth-order valence-electron chi connectivity index (χ4n) is 2.73. The first kappa shape index (κ1) is 9.50. The summed E-state index contributed by atoms with van der Waals surface area (Å²) >= 11 is 3.52. The largest absolute Gasteiger partial charge is 0.353 e. The van der Waals surface area contributed by atoms with Crippen LogP contribution >= 0.6 is 15.9 Å². The molecule has 1 N–H and O–H groups in total. The molecule has 3 heteroatoms. The summed E-state index contributed by atoms with van der Waals surface area (Å²) in [5.41, 5.74) is 0. The maximum Gasteiger partial charge on any atom is 0.220 e. The van der Waals surface area contributed by atoms with Gasteiger partial charge in [0.2, 0.25) is 5.91 Å². The first-order valence-corrected chi connectivity index (χ1v) is 6.28. The molecule has 2 fully saturated rings. The van der Waals surface area contributed by atoms with E-state index in [2.05, 4.69) is 21.2 Å². The number of fused-ring (bicyclic) bond motifs is 1. The summed E-state index contributed by atoms with van der Waals surface area (Å²) in [5.74, 6) is 1.58. The molecule has 2 rings (SSSR count). The number of hydrogen-bond acceptors (Lipinski definition) is 1. The van der Waals surface area contributed by atoms with Gasteiger partial charge in [0.15, 0.2) is 0 Å². The molecule has 0 aromatic rings. The minimum absolute atomic E-state index is 0.257. The molecule has 1 aliphatic carbocycles. The molecule has 0 radical (unpaired) electrons. The van der Waals surface area contributed by atoms with Crippen molar-refractivity contribution in [2.24, 2.45) is 11.8 Å². The zero-order valence-electron chi connectivity index (χ0n) is 7.76. The van der Waals surface area contributed by atoms with Crippen molar-refractivity contribution in [1.82, 2.24) is 5.32 Å². The molecule has 1 saturated carbocycles. The van der Waals surface area contributed by atoms with Crippen molar-refractivity contribution >= 4 is 21.8 Å². The minimum atomic E-state index is 0.257. The van der Waals surface area contributed by atoms with Gasteiger partial charge in [0, 0.05) is 17.8 Å². The highest BCUT2D eigenvalue weighted by molar-refractivity contribution is 9.09. The Morgan fingerprint density at radius 3 is 2.92 bits per heavy atom. The van der Waals surface area contributed by atoms with Gasteiger partial charge in [0.05, 0.1) is 0 Å². The molecule has 0 aromatic heterocycles. The highest BCUT2D eigenvalue weighted by Gasteiger charge is 2.37. The second-order valence-electron chi connectivity index (χ2n) is 4.24. The lowest BCUT2D eigenvalue weighted by molar-refractivity contribution is -0.126. The Kier molecular flexibility index (Phi) is 2.92. The third-order valence-corrected chi connectivity index (χ3v) is 4.25. The summed E-state index contributed by atoms with van der Waals surface area (Å²) < 4.78 is 0.